The van der Waals surface area contributed by atoms with E-state index in [0.29, 0.717) is 12.0 Å². The summed E-state index contributed by atoms with van der Waals surface area (Å²) < 4.78 is 13.7. The average molecular weight is 553 g/mol. The smallest absolute Gasteiger partial charge is 0.323 e. The van der Waals surface area contributed by atoms with Gasteiger partial charge in [0.25, 0.3) is 5.91 Å². The lowest BCUT2D eigenvalue weighted by molar-refractivity contribution is -0.149. The number of rotatable bonds is 8. The van der Waals surface area contributed by atoms with Crippen LogP contribution in [-0.4, -0.2) is 58.0 Å². The van der Waals surface area contributed by atoms with Gasteiger partial charge in [-0.1, -0.05) is 42.0 Å². The van der Waals surface area contributed by atoms with E-state index in [-0.39, 0.29) is 37.5 Å². The van der Waals surface area contributed by atoms with Crippen LogP contribution >= 0.6 is 11.3 Å². The number of anilines is 1. The fourth-order valence-corrected chi connectivity index (χ4v) is 5.26. The number of thiophene rings is 1. The Morgan fingerprint density at radius 2 is 1.82 bits per heavy atom. The third kappa shape index (κ3) is 7.20. The van der Waals surface area contributed by atoms with E-state index < -0.39 is 35.9 Å². The predicted molar refractivity (Wildman–Crippen MR) is 145 cm³/mol. The normalized spacial score (nSPS) is 15.9. The second-order valence-electron chi connectivity index (χ2n) is 9.28. The van der Waals surface area contributed by atoms with E-state index >= 15 is 0 Å². The number of aliphatic carboxylic acids is 1. The van der Waals surface area contributed by atoms with Crippen molar-refractivity contribution in [3.8, 4) is 0 Å². The van der Waals surface area contributed by atoms with Crippen LogP contribution in [0, 0.1) is 12.7 Å². The quantitative estimate of drug-likeness (QED) is 0.388. The molecule has 9 nitrogen and oxygen atoms in total. The van der Waals surface area contributed by atoms with Crippen molar-refractivity contribution in [3.63, 3.8) is 0 Å². The Labute approximate surface area is 229 Å². The lowest BCUT2D eigenvalue weighted by Crippen LogP contribution is -2.64. The molecular formula is C28H29FN4O5S. The lowest BCUT2D eigenvalue weighted by atomic mass is 10.0. The molecule has 0 spiro atoms. The molecule has 4 rings (SSSR count). The molecule has 3 aromatic rings. The van der Waals surface area contributed by atoms with E-state index in [4.69, 9.17) is 0 Å². The van der Waals surface area contributed by atoms with Gasteiger partial charge in [-0.05, 0) is 48.6 Å². The van der Waals surface area contributed by atoms with E-state index in [0.717, 1.165) is 16.5 Å². The third-order valence-corrected chi connectivity index (χ3v) is 7.20. The number of carboxylic acid groups (broad SMARTS) is 1. The molecule has 1 aromatic heterocycles. The highest BCUT2D eigenvalue weighted by Gasteiger charge is 2.41. The van der Waals surface area contributed by atoms with E-state index in [9.17, 15) is 28.7 Å². The summed E-state index contributed by atoms with van der Waals surface area (Å²) in [4.78, 5) is 55.6. The van der Waals surface area contributed by atoms with Crippen LogP contribution in [0.3, 0.4) is 0 Å². The molecule has 2 aromatic carbocycles. The van der Waals surface area contributed by atoms with Crippen molar-refractivity contribution < 1.29 is 28.7 Å². The molecule has 0 radical (unpaired) electrons. The summed E-state index contributed by atoms with van der Waals surface area (Å²) in [6, 6.07) is 14.5. The van der Waals surface area contributed by atoms with Crippen molar-refractivity contribution >= 4 is 40.8 Å². The van der Waals surface area contributed by atoms with Gasteiger partial charge >= 0.3 is 12.0 Å². The topological polar surface area (TPSA) is 119 Å². The lowest BCUT2D eigenvalue weighted by Gasteiger charge is -2.43. The first-order chi connectivity index (χ1) is 18.7. The summed E-state index contributed by atoms with van der Waals surface area (Å²) in [6.45, 7) is 2.25. The second-order valence-corrected chi connectivity index (χ2v) is 10.3. The molecule has 2 atom stereocenters. The molecule has 2 unspecified atom stereocenters. The number of halogens is 1. The number of urea groups is 1. The molecular weight excluding hydrogens is 523 g/mol. The van der Waals surface area contributed by atoms with Gasteiger partial charge in [0, 0.05) is 23.7 Å². The van der Waals surface area contributed by atoms with Gasteiger partial charge in [0.1, 0.15) is 5.82 Å². The van der Waals surface area contributed by atoms with Crippen LogP contribution in [0.15, 0.2) is 66.0 Å². The monoisotopic (exact) mass is 552 g/mol. The standard InChI is InChI=1S/C28H29FN4O5S/c1-18-6-2-7-19(14-18)23(17-25(35)36)31-26(37)27-32(24(34)16-22-10-4-13-39-22)11-5-12-33(27)28(38)30-21-9-3-8-20(29)15-21/h2-4,6-10,13-15,23,27H,5,11-12,16-17H2,1H3,(H,30,38)(H,31,37)(H,35,36). The Bertz CT molecular complexity index is 1350. The maximum atomic E-state index is 13.8. The summed E-state index contributed by atoms with van der Waals surface area (Å²) in [5, 5.41) is 16.8. The molecule has 1 fully saturated rings. The van der Waals surface area contributed by atoms with Crippen molar-refractivity contribution in [2.75, 3.05) is 18.4 Å². The Kier molecular flexibility index (Phi) is 8.92. The van der Waals surface area contributed by atoms with Gasteiger partial charge in [-0.15, -0.1) is 11.3 Å². The summed E-state index contributed by atoms with van der Waals surface area (Å²) in [6.07, 6.45) is -1.24. The van der Waals surface area contributed by atoms with Crippen molar-refractivity contribution in [1.82, 2.24) is 15.1 Å². The van der Waals surface area contributed by atoms with Gasteiger partial charge in [-0.2, -0.15) is 0 Å². The largest absolute Gasteiger partial charge is 0.481 e. The number of carbonyl (C=O) groups is 4. The zero-order chi connectivity index (χ0) is 27.9. The molecule has 1 aliphatic heterocycles. The molecule has 204 valence electrons. The number of carboxylic acids is 1. The minimum absolute atomic E-state index is 0.0528. The third-order valence-electron chi connectivity index (χ3n) is 6.33. The van der Waals surface area contributed by atoms with E-state index in [1.807, 2.05) is 30.5 Å². The molecule has 0 bridgehead atoms. The fraction of sp³-hybridized carbons (Fsp3) is 0.286. The molecule has 4 amide bonds. The first kappa shape index (κ1) is 27.8. The first-order valence-electron chi connectivity index (χ1n) is 12.4. The number of hydrogen-bond donors (Lipinski definition) is 3. The van der Waals surface area contributed by atoms with Crippen molar-refractivity contribution in [2.24, 2.45) is 0 Å². The van der Waals surface area contributed by atoms with Crippen molar-refractivity contribution in [3.05, 3.63) is 87.9 Å². The van der Waals surface area contributed by atoms with Gasteiger partial charge in [0.2, 0.25) is 5.91 Å². The average Bonchev–Trinajstić information content (AvgIpc) is 3.40. The van der Waals surface area contributed by atoms with Crippen LogP contribution in [0.25, 0.3) is 0 Å². The zero-order valence-electron chi connectivity index (χ0n) is 21.3. The van der Waals surface area contributed by atoms with Crippen LogP contribution in [0.2, 0.25) is 0 Å². The van der Waals surface area contributed by atoms with Gasteiger partial charge in [-0.3, -0.25) is 19.3 Å². The molecule has 0 aliphatic carbocycles. The first-order valence-corrected chi connectivity index (χ1v) is 13.3. The molecule has 11 heteroatoms. The molecule has 1 saturated heterocycles. The van der Waals surface area contributed by atoms with E-state index in [1.165, 1.54) is 39.3 Å². The van der Waals surface area contributed by atoms with Crippen molar-refractivity contribution in [2.45, 2.75) is 38.4 Å². The number of benzene rings is 2. The summed E-state index contributed by atoms with van der Waals surface area (Å²) in [5.74, 6) is -2.68. The maximum absolute atomic E-state index is 13.8. The minimum Gasteiger partial charge on any atom is -0.481 e. The van der Waals surface area contributed by atoms with E-state index in [1.54, 1.807) is 18.2 Å². The highest BCUT2D eigenvalue weighted by atomic mass is 32.1. The maximum Gasteiger partial charge on any atom is 0.323 e. The molecule has 0 saturated carbocycles. The second kappa shape index (κ2) is 12.5. The summed E-state index contributed by atoms with van der Waals surface area (Å²) >= 11 is 1.41. The predicted octanol–water partition coefficient (Wildman–Crippen LogP) is 4.16. The molecule has 1 aliphatic rings. The van der Waals surface area contributed by atoms with E-state index in [2.05, 4.69) is 10.6 Å². The SMILES string of the molecule is Cc1cccc(C(CC(=O)O)NC(=O)C2N(C(=O)Cc3cccs3)CCCN2C(=O)Nc2cccc(F)c2)c1. The van der Waals surface area contributed by atoms with Gasteiger partial charge in [0.15, 0.2) is 6.17 Å². The Morgan fingerprint density at radius 3 is 2.51 bits per heavy atom. The summed E-state index contributed by atoms with van der Waals surface area (Å²) in [7, 11) is 0. The van der Waals surface area contributed by atoms with Gasteiger partial charge in [-0.25, -0.2) is 9.18 Å². The highest BCUT2D eigenvalue weighted by Crippen LogP contribution is 2.23. The van der Waals surface area contributed by atoms with Gasteiger partial charge < -0.3 is 20.6 Å². The number of aryl methyl sites for hydroxylation is 1. The number of carbonyl (C=O) groups excluding carboxylic acids is 3. The number of hydrogen-bond acceptors (Lipinski definition) is 5. The Morgan fingerprint density at radius 1 is 1.05 bits per heavy atom. The summed E-state index contributed by atoms with van der Waals surface area (Å²) in [5.41, 5.74) is 1.68. The van der Waals surface area contributed by atoms with Crippen LogP contribution in [0.1, 0.15) is 34.9 Å². The Hall–Kier alpha value is -4.25. The molecule has 3 N–H and O–H groups in total. The van der Waals surface area contributed by atoms with Crippen molar-refractivity contribution in [1.29, 1.82) is 0 Å². The molecule has 2 heterocycles. The van der Waals surface area contributed by atoms with Crippen LogP contribution < -0.4 is 10.6 Å². The fourth-order valence-electron chi connectivity index (χ4n) is 4.57. The van der Waals surface area contributed by atoms with Gasteiger partial charge in [0.05, 0.1) is 18.9 Å². The molecule has 39 heavy (non-hydrogen) atoms. The van der Waals surface area contributed by atoms with Crippen LogP contribution in [0.4, 0.5) is 14.9 Å². The zero-order valence-corrected chi connectivity index (χ0v) is 22.1. The number of amides is 4. The Balaban J connectivity index is 1.64. The minimum atomic E-state index is -1.33. The highest BCUT2D eigenvalue weighted by molar-refractivity contribution is 7.10. The van der Waals surface area contributed by atoms with Crippen LogP contribution in [0.5, 0.6) is 0 Å². The number of nitrogens with zero attached hydrogens (tertiary/aromatic N) is 2. The van der Waals surface area contributed by atoms with Crippen LogP contribution in [-0.2, 0) is 20.8 Å². The number of nitrogens with one attached hydrogen (secondary N) is 2.